The number of hydrogen-bond acceptors (Lipinski definition) is 2. The van der Waals surface area contributed by atoms with Crippen molar-refractivity contribution in [2.75, 3.05) is 13.2 Å². The highest BCUT2D eigenvalue weighted by molar-refractivity contribution is 6.42. The monoisotopic (exact) mass is 363 g/mol. The zero-order chi connectivity index (χ0) is 16.8. The molecule has 0 N–H and O–H groups in total. The maximum atomic E-state index is 6.15. The Kier molecular flexibility index (Phi) is 6.42. The molecule has 0 amide bonds. The second-order valence-electron chi connectivity index (χ2n) is 6.32. The Morgan fingerprint density at radius 3 is 2.62 bits per heavy atom. The van der Waals surface area contributed by atoms with E-state index in [4.69, 9.17) is 27.9 Å². The highest BCUT2D eigenvalue weighted by atomic mass is 35.5. The topological polar surface area (TPSA) is 12.5 Å². The van der Waals surface area contributed by atoms with Crippen molar-refractivity contribution in [2.24, 2.45) is 0 Å². The molecular weight excluding hydrogens is 341 g/mol. The fourth-order valence-corrected chi connectivity index (χ4v) is 3.62. The smallest absolute Gasteiger partial charge is 0.119 e. The molecule has 2 aromatic rings. The predicted octanol–water partition coefficient (Wildman–Crippen LogP) is 5.82. The lowest BCUT2D eigenvalue weighted by Crippen LogP contribution is -2.39. The van der Waals surface area contributed by atoms with Crippen LogP contribution >= 0.6 is 23.2 Å². The van der Waals surface area contributed by atoms with Crippen molar-refractivity contribution in [3.8, 4) is 5.75 Å². The number of benzene rings is 2. The van der Waals surface area contributed by atoms with Gasteiger partial charge in [-0.25, -0.2) is 0 Å². The first-order chi connectivity index (χ1) is 11.7. The van der Waals surface area contributed by atoms with E-state index in [1.54, 1.807) is 0 Å². The molecule has 4 heteroatoms. The average molecular weight is 364 g/mol. The molecule has 1 aliphatic heterocycles. The number of para-hydroxylation sites is 1. The van der Waals surface area contributed by atoms with Crippen molar-refractivity contribution < 1.29 is 4.74 Å². The molecule has 3 rings (SSSR count). The van der Waals surface area contributed by atoms with E-state index in [1.807, 2.05) is 42.5 Å². The van der Waals surface area contributed by atoms with Crippen LogP contribution in [-0.4, -0.2) is 24.1 Å². The normalized spacial score (nSPS) is 18.5. The van der Waals surface area contributed by atoms with Gasteiger partial charge < -0.3 is 4.74 Å². The zero-order valence-corrected chi connectivity index (χ0v) is 15.3. The van der Waals surface area contributed by atoms with Crippen molar-refractivity contribution in [3.63, 3.8) is 0 Å². The Hall–Kier alpha value is -1.22. The molecular formula is C20H23Cl2NO. The van der Waals surface area contributed by atoms with Crippen LogP contribution in [-0.2, 0) is 6.54 Å². The molecule has 0 radical (unpaired) electrons. The lowest BCUT2D eigenvalue weighted by molar-refractivity contribution is 0.116. The van der Waals surface area contributed by atoms with Gasteiger partial charge in [-0.15, -0.1) is 0 Å². The molecule has 2 aromatic carbocycles. The van der Waals surface area contributed by atoms with E-state index in [0.717, 1.165) is 31.9 Å². The van der Waals surface area contributed by atoms with Gasteiger partial charge in [-0.05, 0) is 55.6 Å². The summed E-state index contributed by atoms with van der Waals surface area (Å²) >= 11 is 12.2. The Morgan fingerprint density at radius 1 is 1.00 bits per heavy atom. The summed E-state index contributed by atoms with van der Waals surface area (Å²) in [6.07, 6.45) is 4.85. The molecule has 128 valence electrons. The van der Waals surface area contributed by atoms with Gasteiger partial charge in [-0.3, -0.25) is 4.90 Å². The first-order valence-corrected chi connectivity index (χ1v) is 9.34. The average Bonchev–Trinajstić information content (AvgIpc) is 2.61. The third-order valence-electron chi connectivity index (χ3n) is 4.58. The summed E-state index contributed by atoms with van der Waals surface area (Å²) in [5, 5.41) is 1.25. The highest BCUT2D eigenvalue weighted by Gasteiger charge is 2.22. The van der Waals surface area contributed by atoms with Gasteiger partial charge in [-0.1, -0.05) is 53.9 Å². The van der Waals surface area contributed by atoms with Gasteiger partial charge >= 0.3 is 0 Å². The first-order valence-electron chi connectivity index (χ1n) is 8.58. The van der Waals surface area contributed by atoms with Crippen LogP contribution < -0.4 is 4.74 Å². The number of piperidine rings is 1. The second kappa shape index (κ2) is 8.75. The summed E-state index contributed by atoms with van der Waals surface area (Å²) in [6, 6.07) is 16.5. The molecule has 0 bridgehead atoms. The van der Waals surface area contributed by atoms with E-state index in [1.165, 1.54) is 24.8 Å². The molecule has 1 unspecified atom stereocenters. The number of rotatable bonds is 6. The van der Waals surface area contributed by atoms with Gasteiger partial charge in [0.25, 0.3) is 0 Å². The first kappa shape index (κ1) is 17.6. The van der Waals surface area contributed by atoms with E-state index in [9.17, 15) is 0 Å². The predicted molar refractivity (Wildman–Crippen MR) is 101 cm³/mol. The van der Waals surface area contributed by atoms with E-state index >= 15 is 0 Å². The number of ether oxygens (including phenoxy) is 1. The van der Waals surface area contributed by atoms with Crippen molar-refractivity contribution in [1.29, 1.82) is 0 Å². The third-order valence-corrected chi connectivity index (χ3v) is 5.32. The van der Waals surface area contributed by atoms with E-state index in [-0.39, 0.29) is 0 Å². The van der Waals surface area contributed by atoms with E-state index in [2.05, 4.69) is 11.0 Å². The van der Waals surface area contributed by atoms with Gasteiger partial charge in [0.05, 0.1) is 16.7 Å². The fraction of sp³-hybridized carbons (Fsp3) is 0.400. The Morgan fingerprint density at radius 2 is 1.83 bits per heavy atom. The molecule has 0 spiro atoms. The van der Waals surface area contributed by atoms with E-state index in [0.29, 0.717) is 16.1 Å². The van der Waals surface area contributed by atoms with Crippen LogP contribution in [0.5, 0.6) is 5.75 Å². The summed E-state index contributed by atoms with van der Waals surface area (Å²) in [4.78, 5) is 2.55. The van der Waals surface area contributed by atoms with Crippen LogP contribution in [0.4, 0.5) is 0 Å². The molecule has 1 aliphatic rings. The number of halogens is 2. The van der Waals surface area contributed by atoms with Crippen LogP contribution in [0.15, 0.2) is 48.5 Å². The minimum Gasteiger partial charge on any atom is -0.494 e. The Labute approximate surface area is 154 Å². The molecule has 0 aliphatic carbocycles. The van der Waals surface area contributed by atoms with Crippen LogP contribution in [0.25, 0.3) is 0 Å². The zero-order valence-electron chi connectivity index (χ0n) is 13.8. The van der Waals surface area contributed by atoms with Crippen LogP contribution in [0.2, 0.25) is 10.0 Å². The van der Waals surface area contributed by atoms with Crippen molar-refractivity contribution in [3.05, 3.63) is 64.1 Å². The molecule has 2 nitrogen and oxygen atoms in total. The highest BCUT2D eigenvalue weighted by Crippen LogP contribution is 2.26. The standard InChI is InChI=1S/C20H23Cl2NO/c21-19-10-9-16(14-20(19)22)15-23-12-5-4-6-17(23)11-13-24-18-7-2-1-3-8-18/h1-3,7-10,14,17H,4-6,11-13,15H2. The maximum absolute atomic E-state index is 6.15. The summed E-state index contributed by atoms with van der Waals surface area (Å²) < 4.78 is 5.88. The SMILES string of the molecule is Clc1ccc(CN2CCCCC2CCOc2ccccc2)cc1Cl. The van der Waals surface area contributed by atoms with Gasteiger partial charge in [0.2, 0.25) is 0 Å². The van der Waals surface area contributed by atoms with Crippen LogP contribution in [0.1, 0.15) is 31.2 Å². The molecule has 1 saturated heterocycles. The van der Waals surface area contributed by atoms with Gasteiger partial charge in [0, 0.05) is 12.6 Å². The fourth-order valence-electron chi connectivity index (χ4n) is 3.30. The number of hydrogen-bond donors (Lipinski definition) is 0. The lowest BCUT2D eigenvalue weighted by Gasteiger charge is -2.35. The molecule has 0 saturated carbocycles. The van der Waals surface area contributed by atoms with Crippen molar-refractivity contribution in [2.45, 2.75) is 38.3 Å². The number of nitrogens with zero attached hydrogens (tertiary/aromatic N) is 1. The van der Waals surface area contributed by atoms with Crippen molar-refractivity contribution in [1.82, 2.24) is 4.90 Å². The molecule has 0 aromatic heterocycles. The number of likely N-dealkylation sites (tertiary alicyclic amines) is 1. The largest absolute Gasteiger partial charge is 0.494 e. The van der Waals surface area contributed by atoms with Crippen LogP contribution in [0, 0.1) is 0 Å². The second-order valence-corrected chi connectivity index (χ2v) is 7.13. The minimum absolute atomic E-state index is 0.567. The molecule has 1 fully saturated rings. The molecule has 1 atom stereocenters. The van der Waals surface area contributed by atoms with Crippen molar-refractivity contribution >= 4 is 23.2 Å². The summed E-state index contributed by atoms with van der Waals surface area (Å²) in [5.74, 6) is 0.948. The van der Waals surface area contributed by atoms with E-state index < -0.39 is 0 Å². The molecule has 1 heterocycles. The minimum atomic E-state index is 0.567. The summed E-state index contributed by atoms with van der Waals surface area (Å²) in [6.45, 7) is 2.82. The Balaban J connectivity index is 1.55. The lowest BCUT2D eigenvalue weighted by atomic mass is 9.99. The van der Waals surface area contributed by atoms with Gasteiger partial charge in [0.1, 0.15) is 5.75 Å². The Bertz CT molecular complexity index is 647. The van der Waals surface area contributed by atoms with Crippen LogP contribution in [0.3, 0.4) is 0 Å². The quantitative estimate of drug-likeness (QED) is 0.641. The maximum Gasteiger partial charge on any atom is 0.119 e. The van der Waals surface area contributed by atoms with Gasteiger partial charge in [-0.2, -0.15) is 0 Å². The summed E-state index contributed by atoms with van der Waals surface area (Å²) in [7, 11) is 0. The molecule has 24 heavy (non-hydrogen) atoms. The summed E-state index contributed by atoms with van der Waals surface area (Å²) in [5.41, 5.74) is 1.22. The van der Waals surface area contributed by atoms with Gasteiger partial charge in [0.15, 0.2) is 0 Å². The third kappa shape index (κ3) is 4.89.